The Kier molecular flexibility index (Phi) is 4.37. The number of benzene rings is 1. The van der Waals surface area contributed by atoms with Gasteiger partial charge in [-0.2, -0.15) is 5.10 Å². The first kappa shape index (κ1) is 13.8. The smallest absolute Gasteiger partial charge is 0.120 e. The molecule has 2 rings (SSSR count). The van der Waals surface area contributed by atoms with E-state index in [9.17, 15) is 0 Å². The van der Waals surface area contributed by atoms with Crippen LogP contribution in [-0.2, 0) is 5.75 Å². The van der Waals surface area contributed by atoms with Crippen LogP contribution in [0.3, 0.4) is 0 Å². The second-order valence-corrected chi connectivity index (χ2v) is 5.59. The molecule has 0 atom stereocenters. The highest BCUT2D eigenvalue weighted by atomic mass is 32.2. The number of nitrogens with zero attached hydrogens (tertiary/aromatic N) is 2. The van der Waals surface area contributed by atoms with Crippen LogP contribution in [0.15, 0.2) is 35.4 Å². The van der Waals surface area contributed by atoms with E-state index in [0.717, 1.165) is 27.8 Å². The Morgan fingerprint density at radius 1 is 1.37 bits per heavy atom. The SMILES string of the molecule is COc1ccc(N)c(SCc2ccn(C(C)C)n2)c1. The van der Waals surface area contributed by atoms with Crippen LogP contribution in [0, 0.1) is 0 Å². The van der Waals surface area contributed by atoms with Crippen LogP contribution >= 0.6 is 11.8 Å². The van der Waals surface area contributed by atoms with Gasteiger partial charge in [0.25, 0.3) is 0 Å². The number of nitrogen functional groups attached to an aromatic ring is 1. The molecule has 2 N–H and O–H groups in total. The molecule has 0 saturated carbocycles. The van der Waals surface area contributed by atoms with Crippen LogP contribution in [0.2, 0.25) is 0 Å². The second kappa shape index (κ2) is 6.02. The number of aromatic nitrogens is 2. The molecular formula is C14H19N3OS. The number of nitrogens with two attached hydrogens (primary N) is 1. The fraction of sp³-hybridized carbons (Fsp3) is 0.357. The van der Waals surface area contributed by atoms with Crippen LogP contribution in [0.1, 0.15) is 25.6 Å². The fourth-order valence-electron chi connectivity index (χ4n) is 1.66. The van der Waals surface area contributed by atoms with E-state index in [-0.39, 0.29) is 0 Å². The molecule has 0 bridgehead atoms. The Morgan fingerprint density at radius 3 is 2.79 bits per heavy atom. The summed E-state index contributed by atoms with van der Waals surface area (Å²) in [6, 6.07) is 8.13. The summed E-state index contributed by atoms with van der Waals surface area (Å²) in [5.41, 5.74) is 7.79. The molecule has 0 fully saturated rings. The van der Waals surface area contributed by atoms with E-state index in [4.69, 9.17) is 10.5 Å². The van der Waals surface area contributed by atoms with Crippen molar-refractivity contribution in [3.63, 3.8) is 0 Å². The maximum atomic E-state index is 5.96. The molecule has 1 heterocycles. The number of rotatable bonds is 5. The topological polar surface area (TPSA) is 53.1 Å². The maximum absolute atomic E-state index is 5.96. The summed E-state index contributed by atoms with van der Waals surface area (Å²) in [5, 5.41) is 4.52. The number of anilines is 1. The molecule has 0 radical (unpaired) electrons. The molecule has 4 nitrogen and oxygen atoms in total. The summed E-state index contributed by atoms with van der Waals surface area (Å²) in [6.07, 6.45) is 2.01. The molecular weight excluding hydrogens is 258 g/mol. The number of thioether (sulfide) groups is 1. The van der Waals surface area contributed by atoms with E-state index in [1.54, 1.807) is 18.9 Å². The Morgan fingerprint density at radius 2 is 2.16 bits per heavy atom. The van der Waals surface area contributed by atoms with Crippen molar-refractivity contribution < 1.29 is 4.74 Å². The van der Waals surface area contributed by atoms with Gasteiger partial charge in [0, 0.05) is 28.6 Å². The molecule has 2 aromatic rings. The van der Waals surface area contributed by atoms with Crippen molar-refractivity contribution in [2.45, 2.75) is 30.5 Å². The third-order valence-electron chi connectivity index (χ3n) is 2.79. The van der Waals surface area contributed by atoms with Gasteiger partial charge in [-0.15, -0.1) is 11.8 Å². The summed E-state index contributed by atoms with van der Waals surface area (Å²) in [5.74, 6) is 1.63. The van der Waals surface area contributed by atoms with Gasteiger partial charge in [-0.1, -0.05) is 0 Å². The van der Waals surface area contributed by atoms with Gasteiger partial charge >= 0.3 is 0 Å². The predicted octanol–water partition coefficient (Wildman–Crippen LogP) is 3.35. The minimum Gasteiger partial charge on any atom is -0.497 e. The largest absolute Gasteiger partial charge is 0.497 e. The second-order valence-electron chi connectivity index (χ2n) is 4.57. The summed E-state index contributed by atoms with van der Waals surface area (Å²) in [7, 11) is 1.66. The van der Waals surface area contributed by atoms with Crippen molar-refractivity contribution in [2.75, 3.05) is 12.8 Å². The summed E-state index contributed by atoms with van der Waals surface area (Å²) in [6.45, 7) is 4.23. The third-order valence-corrected chi connectivity index (χ3v) is 3.89. The monoisotopic (exact) mass is 277 g/mol. The van der Waals surface area contributed by atoms with Crippen LogP contribution in [-0.4, -0.2) is 16.9 Å². The molecule has 0 saturated heterocycles. The minimum atomic E-state index is 0.389. The van der Waals surface area contributed by atoms with Crippen LogP contribution in [0.5, 0.6) is 5.75 Å². The molecule has 0 aliphatic heterocycles. The van der Waals surface area contributed by atoms with Gasteiger partial charge in [0.1, 0.15) is 5.75 Å². The van der Waals surface area contributed by atoms with Gasteiger partial charge in [0.05, 0.1) is 12.8 Å². The number of ether oxygens (including phenoxy) is 1. The molecule has 0 aliphatic rings. The lowest BCUT2D eigenvalue weighted by Crippen LogP contribution is -2.01. The highest BCUT2D eigenvalue weighted by molar-refractivity contribution is 7.98. The number of methoxy groups -OCH3 is 1. The molecule has 5 heteroatoms. The van der Waals surface area contributed by atoms with Gasteiger partial charge in [-0.05, 0) is 38.1 Å². The first-order valence-corrected chi connectivity index (χ1v) is 7.19. The van der Waals surface area contributed by atoms with Crippen LogP contribution in [0.4, 0.5) is 5.69 Å². The van der Waals surface area contributed by atoms with E-state index in [0.29, 0.717) is 6.04 Å². The zero-order chi connectivity index (χ0) is 13.8. The Hall–Kier alpha value is -1.62. The number of hydrogen-bond donors (Lipinski definition) is 1. The van der Waals surface area contributed by atoms with Crippen LogP contribution < -0.4 is 10.5 Å². The lowest BCUT2D eigenvalue weighted by Gasteiger charge is -2.07. The Bertz CT molecular complexity index is 551. The van der Waals surface area contributed by atoms with E-state index in [1.807, 2.05) is 35.1 Å². The first-order chi connectivity index (χ1) is 9.10. The minimum absolute atomic E-state index is 0.389. The zero-order valence-corrected chi connectivity index (χ0v) is 12.3. The number of hydrogen-bond acceptors (Lipinski definition) is 4. The van der Waals surface area contributed by atoms with Crippen molar-refractivity contribution in [3.05, 3.63) is 36.2 Å². The Labute approximate surface area is 117 Å². The van der Waals surface area contributed by atoms with Crippen molar-refractivity contribution in [1.29, 1.82) is 0 Å². The summed E-state index contributed by atoms with van der Waals surface area (Å²) < 4.78 is 7.17. The van der Waals surface area contributed by atoms with E-state index in [2.05, 4.69) is 18.9 Å². The molecule has 19 heavy (non-hydrogen) atoms. The van der Waals surface area contributed by atoms with E-state index < -0.39 is 0 Å². The molecule has 1 aromatic heterocycles. The fourth-order valence-corrected chi connectivity index (χ4v) is 2.55. The normalized spacial score (nSPS) is 10.9. The molecule has 102 valence electrons. The quantitative estimate of drug-likeness (QED) is 0.672. The molecule has 0 amide bonds. The summed E-state index contributed by atoms with van der Waals surface area (Å²) >= 11 is 1.67. The Balaban J connectivity index is 2.05. The van der Waals surface area contributed by atoms with Crippen molar-refractivity contribution in [3.8, 4) is 5.75 Å². The van der Waals surface area contributed by atoms with Gasteiger partial charge in [-0.3, -0.25) is 4.68 Å². The van der Waals surface area contributed by atoms with Crippen LogP contribution in [0.25, 0.3) is 0 Å². The van der Waals surface area contributed by atoms with E-state index in [1.165, 1.54) is 0 Å². The summed E-state index contributed by atoms with van der Waals surface area (Å²) in [4.78, 5) is 1.03. The average Bonchev–Trinajstić information content (AvgIpc) is 2.87. The zero-order valence-electron chi connectivity index (χ0n) is 11.5. The highest BCUT2D eigenvalue weighted by Gasteiger charge is 2.06. The third kappa shape index (κ3) is 3.44. The van der Waals surface area contributed by atoms with E-state index >= 15 is 0 Å². The molecule has 1 aromatic carbocycles. The molecule has 0 unspecified atom stereocenters. The highest BCUT2D eigenvalue weighted by Crippen LogP contribution is 2.31. The predicted molar refractivity (Wildman–Crippen MR) is 79.6 cm³/mol. The lowest BCUT2D eigenvalue weighted by molar-refractivity contribution is 0.414. The first-order valence-electron chi connectivity index (χ1n) is 6.20. The molecule has 0 aliphatic carbocycles. The molecule has 0 spiro atoms. The van der Waals surface area contributed by atoms with Crippen molar-refractivity contribution in [1.82, 2.24) is 9.78 Å². The van der Waals surface area contributed by atoms with Gasteiger partial charge in [0.2, 0.25) is 0 Å². The maximum Gasteiger partial charge on any atom is 0.120 e. The van der Waals surface area contributed by atoms with Gasteiger partial charge in [-0.25, -0.2) is 0 Å². The van der Waals surface area contributed by atoms with Crippen molar-refractivity contribution >= 4 is 17.4 Å². The van der Waals surface area contributed by atoms with Gasteiger partial charge in [0.15, 0.2) is 0 Å². The average molecular weight is 277 g/mol. The standard InChI is InChI=1S/C14H19N3OS/c1-10(2)17-7-6-11(16-17)9-19-14-8-12(18-3)4-5-13(14)15/h4-8,10H,9,15H2,1-3H3. The lowest BCUT2D eigenvalue weighted by atomic mass is 10.3. The van der Waals surface area contributed by atoms with Gasteiger partial charge < -0.3 is 10.5 Å². The van der Waals surface area contributed by atoms with Crippen molar-refractivity contribution in [2.24, 2.45) is 0 Å².